The molecule has 21 heavy (non-hydrogen) atoms. The average molecular weight is 286 g/mol. The number of pyridine rings is 1. The molecular formula is C16H18N2O3. The van der Waals surface area contributed by atoms with Crippen molar-refractivity contribution in [1.29, 1.82) is 0 Å². The lowest BCUT2D eigenvalue weighted by Crippen LogP contribution is -2.30. The minimum absolute atomic E-state index is 0.0517. The van der Waals surface area contributed by atoms with Crippen LogP contribution in [0.5, 0.6) is 0 Å². The van der Waals surface area contributed by atoms with Crippen molar-refractivity contribution < 1.29 is 14.7 Å². The van der Waals surface area contributed by atoms with Crippen molar-refractivity contribution in [2.75, 3.05) is 6.54 Å². The maximum absolute atomic E-state index is 12.0. The molecule has 0 spiro atoms. The van der Waals surface area contributed by atoms with Crippen molar-refractivity contribution in [3.8, 4) is 0 Å². The number of amides is 1. The normalized spacial score (nSPS) is 12.0. The van der Waals surface area contributed by atoms with Crippen LogP contribution in [-0.2, 0) is 16.0 Å². The fraction of sp³-hybridized carbons (Fsp3) is 0.312. The van der Waals surface area contributed by atoms with Gasteiger partial charge in [-0.2, -0.15) is 0 Å². The molecule has 1 aromatic heterocycles. The number of carbonyl (C=O) groups is 2. The van der Waals surface area contributed by atoms with Crippen LogP contribution in [-0.4, -0.2) is 28.5 Å². The summed E-state index contributed by atoms with van der Waals surface area (Å²) in [4.78, 5) is 26.8. The molecule has 0 bridgehead atoms. The Morgan fingerprint density at radius 2 is 2.05 bits per heavy atom. The van der Waals surface area contributed by atoms with Crippen LogP contribution in [0.15, 0.2) is 36.5 Å². The lowest BCUT2D eigenvalue weighted by molar-refractivity contribution is -0.138. The van der Waals surface area contributed by atoms with E-state index >= 15 is 0 Å². The molecule has 0 saturated heterocycles. The van der Waals surface area contributed by atoms with Gasteiger partial charge in [0.1, 0.15) is 0 Å². The first-order valence-electron chi connectivity index (χ1n) is 6.87. The average Bonchev–Trinajstić information content (AvgIpc) is 2.45. The zero-order valence-electron chi connectivity index (χ0n) is 11.9. The second-order valence-corrected chi connectivity index (χ2v) is 5.18. The summed E-state index contributed by atoms with van der Waals surface area (Å²) < 4.78 is 0. The summed E-state index contributed by atoms with van der Waals surface area (Å²) in [6.45, 7) is 2.16. The lowest BCUT2D eigenvalue weighted by Gasteiger charge is -2.11. The van der Waals surface area contributed by atoms with Gasteiger partial charge in [-0.15, -0.1) is 0 Å². The van der Waals surface area contributed by atoms with Gasteiger partial charge in [0.15, 0.2) is 0 Å². The van der Waals surface area contributed by atoms with Gasteiger partial charge >= 0.3 is 5.97 Å². The molecule has 1 heterocycles. The van der Waals surface area contributed by atoms with E-state index in [-0.39, 0.29) is 24.7 Å². The number of benzene rings is 1. The number of para-hydroxylation sites is 1. The minimum Gasteiger partial charge on any atom is -0.481 e. The van der Waals surface area contributed by atoms with E-state index in [1.54, 1.807) is 13.1 Å². The molecule has 2 N–H and O–H groups in total. The summed E-state index contributed by atoms with van der Waals surface area (Å²) in [5, 5.41) is 12.5. The van der Waals surface area contributed by atoms with E-state index in [1.807, 2.05) is 30.3 Å². The number of nitrogens with zero attached hydrogens (tertiary/aromatic N) is 1. The standard InChI is InChI=1S/C16H18N2O3/c1-11(8-15(20)21)10-18-14(19)9-13-5-2-4-12-6-3-7-17-16(12)13/h2-7,11H,8-10H2,1H3,(H,18,19)(H,20,21). The molecular weight excluding hydrogens is 268 g/mol. The number of fused-ring (bicyclic) bond motifs is 1. The second-order valence-electron chi connectivity index (χ2n) is 5.18. The van der Waals surface area contributed by atoms with Crippen molar-refractivity contribution in [3.05, 3.63) is 42.1 Å². The molecule has 1 amide bonds. The van der Waals surface area contributed by atoms with Gasteiger partial charge in [-0.25, -0.2) is 0 Å². The zero-order valence-corrected chi connectivity index (χ0v) is 11.9. The van der Waals surface area contributed by atoms with Gasteiger partial charge in [-0.3, -0.25) is 14.6 Å². The molecule has 2 rings (SSSR count). The molecule has 1 atom stereocenters. The number of hydrogen-bond donors (Lipinski definition) is 2. The first-order valence-corrected chi connectivity index (χ1v) is 6.87. The highest BCUT2D eigenvalue weighted by Gasteiger charge is 2.11. The third-order valence-electron chi connectivity index (χ3n) is 3.24. The lowest BCUT2D eigenvalue weighted by atomic mass is 10.1. The van der Waals surface area contributed by atoms with Gasteiger partial charge in [0.05, 0.1) is 11.9 Å². The Labute approximate surface area is 123 Å². The summed E-state index contributed by atoms with van der Waals surface area (Å²) >= 11 is 0. The number of rotatable bonds is 6. The molecule has 0 aliphatic rings. The molecule has 0 radical (unpaired) electrons. The molecule has 0 fully saturated rings. The van der Waals surface area contributed by atoms with Gasteiger partial charge in [-0.05, 0) is 17.5 Å². The van der Waals surface area contributed by atoms with E-state index < -0.39 is 5.97 Å². The highest BCUT2D eigenvalue weighted by molar-refractivity contribution is 5.87. The highest BCUT2D eigenvalue weighted by atomic mass is 16.4. The first kappa shape index (κ1) is 15.0. The Kier molecular flexibility index (Phi) is 4.87. The summed E-state index contributed by atoms with van der Waals surface area (Å²) in [5.74, 6) is -1.06. The van der Waals surface area contributed by atoms with Crippen LogP contribution in [0.1, 0.15) is 18.9 Å². The molecule has 1 unspecified atom stereocenters. The predicted octanol–water partition coefficient (Wildman–Crippen LogP) is 2.00. The Hall–Kier alpha value is -2.43. The van der Waals surface area contributed by atoms with Crippen LogP contribution >= 0.6 is 0 Å². The Bertz CT molecular complexity index is 650. The SMILES string of the molecule is CC(CNC(=O)Cc1cccc2cccnc12)CC(=O)O. The van der Waals surface area contributed by atoms with Crippen molar-refractivity contribution in [2.45, 2.75) is 19.8 Å². The number of carboxylic acids is 1. The van der Waals surface area contributed by atoms with Gasteiger partial charge in [-0.1, -0.05) is 31.2 Å². The van der Waals surface area contributed by atoms with Crippen LogP contribution < -0.4 is 5.32 Å². The third-order valence-corrected chi connectivity index (χ3v) is 3.24. The molecule has 0 aliphatic carbocycles. The third kappa shape index (κ3) is 4.27. The summed E-state index contributed by atoms with van der Waals surface area (Å²) in [6, 6.07) is 9.56. The van der Waals surface area contributed by atoms with E-state index in [0.29, 0.717) is 6.54 Å². The number of aliphatic carboxylic acids is 1. The van der Waals surface area contributed by atoms with Crippen LogP contribution in [0.25, 0.3) is 10.9 Å². The summed E-state index contributed by atoms with van der Waals surface area (Å²) in [5.41, 5.74) is 1.70. The topological polar surface area (TPSA) is 79.3 Å². The maximum atomic E-state index is 12.0. The quantitative estimate of drug-likeness (QED) is 0.851. The van der Waals surface area contributed by atoms with Gasteiger partial charge in [0, 0.05) is 24.5 Å². The number of aromatic nitrogens is 1. The zero-order chi connectivity index (χ0) is 15.2. The largest absolute Gasteiger partial charge is 0.481 e. The van der Waals surface area contributed by atoms with Crippen molar-refractivity contribution in [3.63, 3.8) is 0 Å². The molecule has 0 aliphatic heterocycles. The Morgan fingerprint density at radius 1 is 1.29 bits per heavy atom. The molecule has 1 aromatic carbocycles. The van der Waals surface area contributed by atoms with Gasteiger partial charge in [0.25, 0.3) is 0 Å². The molecule has 0 saturated carbocycles. The predicted molar refractivity (Wildman–Crippen MR) is 79.9 cm³/mol. The van der Waals surface area contributed by atoms with Gasteiger partial charge < -0.3 is 10.4 Å². The van der Waals surface area contributed by atoms with Crippen LogP contribution in [0.4, 0.5) is 0 Å². The molecule has 5 nitrogen and oxygen atoms in total. The fourth-order valence-corrected chi connectivity index (χ4v) is 2.20. The maximum Gasteiger partial charge on any atom is 0.303 e. The summed E-state index contributed by atoms with van der Waals surface area (Å²) in [7, 11) is 0. The fourth-order valence-electron chi connectivity index (χ4n) is 2.20. The van der Waals surface area contributed by atoms with E-state index in [2.05, 4.69) is 10.3 Å². The molecule has 2 aromatic rings. The molecule has 5 heteroatoms. The van der Waals surface area contributed by atoms with Gasteiger partial charge in [0.2, 0.25) is 5.91 Å². The minimum atomic E-state index is -0.852. The molecule has 110 valence electrons. The number of nitrogens with one attached hydrogen (secondary N) is 1. The highest BCUT2D eigenvalue weighted by Crippen LogP contribution is 2.16. The smallest absolute Gasteiger partial charge is 0.303 e. The number of carboxylic acid groups (broad SMARTS) is 1. The number of carbonyl (C=O) groups excluding carboxylic acids is 1. The van der Waals surface area contributed by atoms with E-state index in [4.69, 9.17) is 5.11 Å². The van der Waals surface area contributed by atoms with Crippen LogP contribution in [0, 0.1) is 5.92 Å². The monoisotopic (exact) mass is 286 g/mol. The van der Waals surface area contributed by atoms with Crippen molar-refractivity contribution in [1.82, 2.24) is 10.3 Å². The summed E-state index contributed by atoms with van der Waals surface area (Å²) in [6.07, 6.45) is 2.00. The second kappa shape index (κ2) is 6.83. The number of hydrogen-bond acceptors (Lipinski definition) is 3. The Morgan fingerprint density at radius 3 is 2.81 bits per heavy atom. The van der Waals surface area contributed by atoms with Crippen LogP contribution in [0.3, 0.4) is 0 Å². The Balaban J connectivity index is 1.97. The van der Waals surface area contributed by atoms with Crippen molar-refractivity contribution >= 4 is 22.8 Å². The first-order chi connectivity index (χ1) is 10.1. The van der Waals surface area contributed by atoms with E-state index in [0.717, 1.165) is 16.5 Å². The van der Waals surface area contributed by atoms with E-state index in [9.17, 15) is 9.59 Å². The van der Waals surface area contributed by atoms with E-state index in [1.165, 1.54) is 0 Å². The van der Waals surface area contributed by atoms with Crippen molar-refractivity contribution in [2.24, 2.45) is 5.92 Å². The van der Waals surface area contributed by atoms with Crippen LogP contribution in [0.2, 0.25) is 0 Å².